The molecule has 0 N–H and O–H groups in total. The zero-order chi connectivity index (χ0) is 17.4. The summed E-state index contributed by atoms with van der Waals surface area (Å²) in [5.41, 5.74) is 0.614. The van der Waals surface area contributed by atoms with E-state index in [2.05, 4.69) is 0 Å². The molecule has 1 aromatic carbocycles. The average Bonchev–Trinajstić information content (AvgIpc) is 2.60. The Balaban J connectivity index is 1.90. The van der Waals surface area contributed by atoms with Gasteiger partial charge in [0.2, 0.25) is 0 Å². The maximum atomic E-state index is 12.1. The normalized spacial score (nSPS) is 19.8. The van der Waals surface area contributed by atoms with E-state index in [9.17, 15) is 9.59 Å². The Morgan fingerprint density at radius 1 is 1.29 bits per heavy atom. The molecule has 4 nitrogen and oxygen atoms in total. The Bertz CT molecular complexity index is 676. The number of ether oxygens (including phenoxy) is 2. The second-order valence-corrected chi connectivity index (χ2v) is 5.93. The molecule has 0 aliphatic heterocycles. The van der Waals surface area contributed by atoms with Crippen molar-refractivity contribution in [2.45, 2.75) is 18.2 Å². The van der Waals surface area contributed by atoms with E-state index in [0.29, 0.717) is 24.4 Å². The van der Waals surface area contributed by atoms with Crippen molar-refractivity contribution in [3.63, 3.8) is 0 Å². The van der Waals surface area contributed by atoms with Gasteiger partial charge in [0, 0.05) is 5.56 Å². The summed E-state index contributed by atoms with van der Waals surface area (Å²) in [5.74, 6) is 0.0438. The number of carbonyl (C=O) groups excluding carboxylic acids is 2. The fraction of sp³-hybridized carbons (Fsp3) is 0.263. The molecular weight excluding hydrogens is 328 g/mol. The molecule has 0 aromatic heterocycles. The molecule has 0 heterocycles. The van der Waals surface area contributed by atoms with Crippen molar-refractivity contribution in [2.75, 3.05) is 13.2 Å². The predicted octanol–water partition coefficient (Wildman–Crippen LogP) is 3.83. The number of carbonyl (C=O) groups is 2. The molecule has 24 heavy (non-hydrogen) atoms. The van der Waals surface area contributed by atoms with Crippen LogP contribution in [-0.2, 0) is 14.3 Å². The molecule has 0 spiro atoms. The quantitative estimate of drug-likeness (QED) is 0.326. The highest BCUT2D eigenvalue weighted by atomic mass is 35.5. The van der Waals surface area contributed by atoms with Crippen molar-refractivity contribution in [3.8, 4) is 0 Å². The van der Waals surface area contributed by atoms with Gasteiger partial charge >= 0.3 is 5.97 Å². The number of alkyl halides is 1. The Kier molecular flexibility index (Phi) is 6.38. The summed E-state index contributed by atoms with van der Waals surface area (Å²) < 4.78 is 10.1. The summed E-state index contributed by atoms with van der Waals surface area (Å²) in [6.07, 6.45) is 8.81. The third-order valence-corrected chi connectivity index (χ3v) is 3.78. The van der Waals surface area contributed by atoms with Gasteiger partial charge in [0.1, 0.15) is 5.76 Å². The predicted molar refractivity (Wildman–Crippen MR) is 92.9 cm³/mol. The average molecular weight is 347 g/mol. The van der Waals surface area contributed by atoms with Gasteiger partial charge in [0.15, 0.2) is 12.4 Å². The molecule has 0 saturated heterocycles. The van der Waals surface area contributed by atoms with Gasteiger partial charge in [0.25, 0.3) is 0 Å². The molecular formula is C19H19ClO4. The lowest BCUT2D eigenvalue weighted by atomic mass is 9.97. The van der Waals surface area contributed by atoms with E-state index < -0.39 is 10.8 Å². The molecule has 1 aromatic rings. The molecule has 2 rings (SSSR count). The highest BCUT2D eigenvalue weighted by Crippen LogP contribution is 2.29. The minimum absolute atomic E-state index is 0.0997. The van der Waals surface area contributed by atoms with Gasteiger partial charge in [-0.1, -0.05) is 42.5 Å². The van der Waals surface area contributed by atoms with Gasteiger partial charge in [-0.3, -0.25) is 4.79 Å². The third-order valence-electron chi connectivity index (χ3n) is 3.37. The van der Waals surface area contributed by atoms with Crippen LogP contribution in [0.4, 0.5) is 0 Å². The second kappa shape index (κ2) is 8.50. The summed E-state index contributed by atoms with van der Waals surface area (Å²) in [6, 6.07) is 9.00. The number of allylic oxidation sites excluding steroid dienone is 5. The Labute approximate surface area is 146 Å². The van der Waals surface area contributed by atoms with E-state index in [1.54, 1.807) is 43.4 Å². The lowest BCUT2D eigenvalue weighted by molar-refractivity contribution is -0.146. The van der Waals surface area contributed by atoms with Gasteiger partial charge in [-0.05, 0) is 31.6 Å². The van der Waals surface area contributed by atoms with Crippen LogP contribution in [0.2, 0.25) is 0 Å². The Morgan fingerprint density at radius 3 is 2.67 bits per heavy atom. The highest BCUT2D eigenvalue weighted by Gasteiger charge is 2.23. The first-order chi connectivity index (χ1) is 11.5. The van der Waals surface area contributed by atoms with Crippen LogP contribution in [0.3, 0.4) is 0 Å². The monoisotopic (exact) mass is 346 g/mol. The molecule has 0 amide bonds. The molecule has 0 radical (unpaired) electrons. The van der Waals surface area contributed by atoms with Crippen molar-refractivity contribution in [1.82, 2.24) is 0 Å². The molecule has 1 aliphatic carbocycles. The second-order valence-electron chi connectivity index (χ2n) is 5.23. The topological polar surface area (TPSA) is 52.6 Å². The van der Waals surface area contributed by atoms with Crippen LogP contribution in [0.5, 0.6) is 0 Å². The summed E-state index contributed by atoms with van der Waals surface area (Å²) >= 11 is 6.47. The van der Waals surface area contributed by atoms with Crippen molar-refractivity contribution in [3.05, 3.63) is 72.0 Å². The summed E-state index contributed by atoms with van der Waals surface area (Å²) in [4.78, 5) is 22.5. The number of esters is 1. The van der Waals surface area contributed by atoms with Crippen LogP contribution >= 0.6 is 11.6 Å². The molecule has 1 atom stereocenters. The number of halogens is 1. The molecule has 126 valence electrons. The summed E-state index contributed by atoms with van der Waals surface area (Å²) in [7, 11) is 0. The van der Waals surface area contributed by atoms with Crippen LogP contribution in [0.15, 0.2) is 66.5 Å². The van der Waals surface area contributed by atoms with Gasteiger partial charge in [-0.15, -0.1) is 11.6 Å². The Morgan fingerprint density at radius 2 is 2.04 bits per heavy atom. The van der Waals surface area contributed by atoms with E-state index in [1.807, 2.05) is 18.2 Å². The van der Waals surface area contributed by atoms with Crippen LogP contribution in [0.25, 0.3) is 0 Å². The lowest BCUT2D eigenvalue weighted by Crippen LogP contribution is -2.18. The fourth-order valence-corrected chi connectivity index (χ4v) is 2.31. The molecule has 5 heteroatoms. The van der Waals surface area contributed by atoms with Crippen molar-refractivity contribution < 1.29 is 19.1 Å². The number of benzene rings is 1. The molecule has 1 aliphatic rings. The minimum atomic E-state index is -0.777. The lowest BCUT2D eigenvalue weighted by Gasteiger charge is -2.21. The van der Waals surface area contributed by atoms with Crippen LogP contribution < -0.4 is 0 Å². The van der Waals surface area contributed by atoms with E-state index in [-0.39, 0.29) is 12.4 Å². The Hall–Kier alpha value is -2.33. The highest BCUT2D eigenvalue weighted by molar-refractivity contribution is 6.27. The summed E-state index contributed by atoms with van der Waals surface area (Å²) in [6.45, 7) is 1.92. The molecule has 1 unspecified atom stereocenters. The maximum absolute atomic E-state index is 12.1. The minimum Gasteiger partial charge on any atom is -0.482 e. The zero-order valence-electron chi connectivity index (χ0n) is 13.4. The smallest absolute Gasteiger partial charge is 0.344 e. The van der Waals surface area contributed by atoms with Crippen molar-refractivity contribution in [1.29, 1.82) is 0 Å². The van der Waals surface area contributed by atoms with E-state index in [4.69, 9.17) is 21.1 Å². The first-order valence-electron chi connectivity index (χ1n) is 7.68. The largest absolute Gasteiger partial charge is 0.482 e. The molecule has 0 bridgehead atoms. The maximum Gasteiger partial charge on any atom is 0.344 e. The number of ketones is 1. The van der Waals surface area contributed by atoms with E-state index in [1.165, 1.54) is 6.08 Å². The van der Waals surface area contributed by atoms with Crippen molar-refractivity contribution in [2.24, 2.45) is 0 Å². The van der Waals surface area contributed by atoms with Crippen LogP contribution in [-0.4, -0.2) is 29.8 Å². The number of rotatable bonds is 7. The van der Waals surface area contributed by atoms with Gasteiger partial charge in [0.05, 0.1) is 11.5 Å². The third kappa shape index (κ3) is 5.39. The summed E-state index contributed by atoms with van der Waals surface area (Å²) in [5, 5.41) is 0. The van der Waals surface area contributed by atoms with Gasteiger partial charge in [-0.2, -0.15) is 0 Å². The standard InChI is InChI=1S/C19H19ClO4/c1-2-23-18(22)14-24-16-8-11-19(20,12-9-16)13-10-17(21)15-6-4-3-5-7-15/h3-11,13H,2,12,14H2,1H3. The van der Waals surface area contributed by atoms with E-state index in [0.717, 1.165) is 0 Å². The van der Waals surface area contributed by atoms with Gasteiger partial charge in [-0.25, -0.2) is 4.79 Å². The number of hydrogen-bond donors (Lipinski definition) is 0. The van der Waals surface area contributed by atoms with Gasteiger partial charge < -0.3 is 9.47 Å². The first-order valence-corrected chi connectivity index (χ1v) is 8.05. The van der Waals surface area contributed by atoms with E-state index >= 15 is 0 Å². The first kappa shape index (κ1) is 18.0. The fourth-order valence-electron chi connectivity index (χ4n) is 2.10. The molecule has 0 saturated carbocycles. The van der Waals surface area contributed by atoms with Crippen LogP contribution in [0, 0.1) is 0 Å². The molecule has 0 fully saturated rings. The van der Waals surface area contributed by atoms with Crippen molar-refractivity contribution >= 4 is 23.4 Å². The zero-order valence-corrected chi connectivity index (χ0v) is 14.2. The SMILES string of the molecule is CCOC(=O)COC1=CCC(Cl)(C=CC(=O)c2ccccc2)C=C1. The number of hydrogen-bond acceptors (Lipinski definition) is 4. The van der Waals surface area contributed by atoms with Crippen LogP contribution in [0.1, 0.15) is 23.7 Å².